The summed E-state index contributed by atoms with van der Waals surface area (Å²) in [5.41, 5.74) is 2.03. The standard InChI is InChI=1S/C18H17N6O6P/c1-23-11-14(17(22-23)13-5-3-4-8-19-13)21-18(25)16-7-6-15(29-16)12-9-20-24(10-12)30-31(26,27)28-2/h3-11H,1-2H3,(H,21,25)(H,26,27). The number of rotatable bonds is 7. The maximum Gasteiger partial charge on any atom is 0.547 e. The first-order chi connectivity index (χ1) is 14.8. The summed E-state index contributed by atoms with van der Waals surface area (Å²) in [7, 11) is -1.49. The molecule has 2 N–H and O–H groups in total. The van der Waals surface area contributed by atoms with Gasteiger partial charge in [0.05, 0.1) is 29.3 Å². The normalized spacial score (nSPS) is 13.0. The van der Waals surface area contributed by atoms with Gasteiger partial charge in [0.2, 0.25) is 0 Å². The van der Waals surface area contributed by atoms with Crippen molar-refractivity contribution < 1.29 is 27.8 Å². The van der Waals surface area contributed by atoms with E-state index in [1.54, 1.807) is 42.3 Å². The molecule has 13 heteroatoms. The lowest BCUT2D eigenvalue weighted by molar-refractivity contribution is 0.0997. The molecule has 0 saturated carbocycles. The Kier molecular flexibility index (Phi) is 5.42. The number of phosphoric ester groups is 1. The van der Waals surface area contributed by atoms with Gasteiger partial charge in [0, 0.05) is 26.6 Å². The van der Waals surface area contributed by atoms with Crippen molar-refractivity contribution in [1.29, 1.82) is 0 Å². The molecule has 31 heavy (non-hydrogen) atoms. The molecular formula is C18H17N6O6P. The molecule has 12 nitrogen and oxygen atoms in total. The molecule has 1 atom stereocenters. The number of phosphoric acid groups is 1. The maximum absolute atomic E-state index is 12.7. The van der Waals surface area contributed by atoms with Crippen molar-refractivity contribution in [2.75, 3.05) is 12.4 Å². The minimum absolute atomic E-state index is 0.0456. The number of carbonyl (C=O) groups is 1. The Hall–Kier alpha value is -3.73. The van der Waals surface area contributed by atoms with E-state index in [-0.39, 0.29) is 5.76 Å². The third-order valence-corrected chi connectivity index (χ3v) is 4.91. The van der Waals surface area contributed by atoms with Gasteiger partial charge in [0.15, 0.2) is 5.76 Å². The number of carbonyl (C=O) groups excluding carboxylic acids is 1. The summed E-state index contributed by atoms with van der Waals surface area (Å²) in [5.74, 6) is -0.134. The molecule has 0 aliphatic rings. The van der Waals surface area contributed by atoms with E-state index in [1.165, 1.54) is 18.5 Å². The van der Waals surface area contributed by atoms with Crippen LogP contribution in [0.4, 0.5) is 5.69 Å². The summed E-state index contributed by atoms with van der Waals surface area (Å²) >= 11 is 0. The van der Waals surface area contributed by atoms with Crippen LogP contribution < -0.4 is 9.94 Å². The zero-order chi connectivity index (χ0) is 22.0. The first-order valence-corrected chi connectivity index (χ1v) is 10.3. The second-order valence-corrected chi connectivity index (χ2v) is 7.73. The number of hydrogen-bond donors (Lipinski definition) is 2. The maximum atomic E-state index is 12.7. The Bertz CT molecular complexity index is 1260. The van der Waals surface area contributed by atoms with Gasteiger partial charge in [0.25, 0.3) is 5.91 Å². The van der Waals surface area contributed by atoms with Gasteiger partial charge in [-0.25, -0.2) is 4.57 Å². The molecule has 0 aliphatic carbocycles. The average molecular weight is 444 g/mol. The van der Waals surface area contributed by atoms with Crippen LogP contribution in [0, 0.1) is 0 Å². The van der Waals surface area contributed by atoms with Crippen molar-refractivity contribution in [3.63, 3.8) is 0 Å². The van der Waals surface area contributed by atoms with Crippen molar-refractivity contribution in [2.24, 2.45) is 7.05 Å². The van der Waals surface area contributed by atoms with E-state index >= 15 is 0 Å². The highest BCUT2D eigenvalue weighted by Gasteiger charge is 2.22. The molecule has 0 bridgehead atoms. The molecule has 1 unspecified atom stereocenters. The SMILES string of the molecule is COP(=O)(O)On1cc(-c2ccc(C(=O)Nc3cn(C)nc3-c3ccccn3)o2)cn1. The fourth-order valence-corrected chi connectivity index (χ4v) is 3.05. The highest BCUT2D eigenvalue weighted by Crippen LogP contribution is 2.38. The summed E-state index contributed by atoms with van der Waals surface area (Å²) in [6, 6.07) is 8.46. The van der Waals surface area contributed by atoms with Crippen LogP contribution in [-0.4, -0.2) is 42.6 Å². The van der Waals surface area contributed by atoms with Gasteiger partial charge in [0.1, 0.15) is 11.5 Å². The van der Waals surface area contributed by atoms with Crippen LogP contribution >= 0.6 is 7.82 Å². The summed E-state index contributed by atoms with van der Waals surface area (Å²) < 4.78 is 27.7. The smallest absolute Gasteiger partial charge is 0.451 e. The fraction of sp³-hybridized carbons (Fsp3) is 0.111. The van der Waals surface area contributed by atoms with Crippen LogP contribution in [0.15, 0.2) is 59.5 Å². The summed E-state index contributed by atoms with van der Waals surface area (Å²) in [6.07, 6.45) is 5.95. The first kappa shape index (κ1) is 20.5. The lowest BCUT2D eigenvalue weighted by atomic mass is 10.2. The number of amides is 1. The van der Waals surface area contributed by atoms with Gasteiger partial charge in [-0.15, -0.1) is 5.10 Å². The number of anilines is 1. The highest BCUT2D eigenvalue weighted by molar-refractivity contribution is 7.47. The van der Waals surface area contributed by atoms with E-state index in [0.717, 1.165) is 12.0 Å². The highest BCUT2D eigenvalue weighted by atomic mass is 31.2. The summed E-state index contributed by atoms with van der Waals surface area (Å²) in [5, 5.41) is 10.9. The summed E-state index contributed by atoms with van der Waals surface area (Å²) in [4.78, 5) is 27.1. The topological polar surface area (TPSA) is 147 Å². The quantitative estimate of drug-likeness (QED) is 0.410. The lowest BCUT2D eigenvalue weighted by Gasteiger charge is -2.07. The van der Waals surface area contributed by atoms with Crippen molar-refractivity contribution in [1.82, 2.24) is 24.7 Å². The molecule has 1 amide bonds. The zero-order valence-corrected chi connectivity index (χ0v) is 17.3. The molecule has 4 rings (SSSR count). The number of aromatic nitrogens is 5. The molecule has 0 fully saturated rings. The number of nitrogens with zero attached hydrogens (tertiary/aromatic N) is 5. The van der Waals surface area contributed by atoms with E-state index in [0.29, 0.717) is 28.4 Å². The monoisotopic (exact) mass is 444 g/mol. The van der Waals surface area contributed by atoms with Crippen molar-refractivity contribution in [3.8, 4) is 22.7 Å². The fourth-order valence-electron chi connectivity index (χ4n) is 2.69. The predicted molar refractivity (Wildman–Crippen MR) is 108 cm³/mol. The van der Waals surface area contributed by atoms with Gasteiger partial charge in [-0.05, 0) is 24.3 Å². The van der Waals surface area contributed by atoms with Crippen LogP contribution in [0.5, 0.6) is 0 Å². The van der Waals surface area contributed by atoms with Crippen molar-refractivity contribution in [2.45, 2.75) is 0 Å². The predicted octanol–water partition coefficient (Wildman–Crippen LogP) is 2.37. The number of nitrogens with one attached hydrogen (secondary N) is 1. The second kappa shape index (κ2) is 8.19. The van der Waals surface area contributed by atoms with E-state index in [2.05, 4.69) is 25.0 Å². The Morgan fingerprint density at radius 1 is 1.26 bits per heavy atom. The molecule has 0 spiro atoms. The molecule has 0 saturated heterocycles. The van der Waals surface area contributed by atoms with Crippen LogP contribution in [0.3, 0.4) is 0 Å². The van der Waals surface area contributed by atoms with E-state index in [4.69, 9.17) is 9.04 Å². The van der Waals surface area contributed by atoms with Crippen molar-refractivity contribution >= 4 is 19.4 Å². The molecule has 0 aliphatic heterocycles. The zero-order valence-electron chi connectivity index (χ0n) is 16.4. The van der Waals surface area contributed by atoms with Gasteiger partial charge < -0.3 is 9.73 Å². The Labute approximate surface area is 175 Å². The number of aryl methyl sites for hydroxylation is 1. The molecule has 0 aromatic carbocycles. The number of pyridine rings is 1. The van der Waals surface area contributed by atoms with Crippen LogP contribution in [-0.2, 0) is 16.1 Å². The molecule has 160 valence electrons. The first-order valence-electron chi connectivity index (χ1n) is 8.84. The summed E-state index contributed by atoms with van der Waals surface area (Å²) in [6.45, 7) is 0. The molecule has 4 aromatic rings. The molecular weight excluding hydrogens is 427 g/mol. The van der Waals surface area contributed by atoms with Gasteiger partial charge in [-0.3, -0.25) is 28.5 Å². The molecule has 4 heterocycles. The minimum atomic E-state index is -4.26. The van der Waals surface area contributed by atoms with Gasteiger partial charge in [-0.2, -0.15) is 5.10 Å². The lowest BCUT2D eigenvalue weighted by Crippen LogP contribution is -2.11. The van der Waals surface area contributed by atoms with Crippen LogP contribution in [0.1, 0.15) is 10.6 Å². The Balaban J connectivity index is 1.51. The Morgan fingerprint density at radius 3 is 2.84 bits per heavy atom. The van der Waals surface area contributed by atoms with Crippen molar-refractivity contribution in [3.05, 3.63) is 60.9 Å². The Morgan fingerprint density at radius 2 is 2.10 bits per heavy atom. The molecule has 4 aromatic heterocycles. The van der Waals surface area contributed by atoms with Gasteiger partial charge in [-0.1, -0.05) is 10.9 Å². The third-order valence-electron chi connectivity index (χ3n) is 4.08. The van der Waals surface area contributed by atoms with Crippen LogP contribution in [0.25, 0.3) is 22.7 Å². The largest absolute Gasteiger partial charge is 0.547 e. The average Bonchev–Trinajstić information content (AvgIpc) is 3.48. The van der Waals surface area contributed by atoms with E-state index < -0.39 is 13.7 Å². The number of furan rings is 1. The van der Waals surface area contributed by atoms with E-state index in [1.807, 2.05) is 6.07 Å². The second-order valence-electron chi connectivity index (χ2n) is 6.26. The minimum Gasteiger partial charge on any atom is -0.451 e. The van der Waals surface area contributed by atoms with Gasteiger partial charge >= 0.3 is 7.82 Å². The van der Waals surface area contributed by atoms with Crippen LogP contribution in [0.2, 0.25) is 0 Å². The third kappa shape index (κ3) is 4.56. The van der Waals surface area contributed by atoms with E-state index in [9.17, 15) is 14.3 Å². The number of hydrogen-bond acceptors (Lipinski definition) is 8. The molecule has 0 radical (unpaired) electrons.